The molecule has 0 amide bonds. The molecule has 248 valence electrons. The van der Waals surface area contributed by atoms with Crippen molar-refractivity contribution in [2.75, 3.05) is 19.7 Å². The minimum absolute atomic E-state index is 0.174. The third kappa shape index (κ3) is 10.0. The van der Waals surface area contributed by atoms with Crippen molar-refractivity contribution in [3.63, 3.8) is 0 Å². The van der Waals surface area contributed by atoms with Crippen LogP contribution >= 0.6 is 8.25 Å². The number of unbranched alkanes of at least 4 members (excludes halogenated alkanes) is 11. The molecule has 7 N–H and O–H groups in total. The lowest BCUT2D eigenvalue weighted by molar-refractivity contribution is -0.149. The van der Waals surface area contributed by atoms with E-state index in [0.29, 0.717) is 32.4 Å². The fourth-order valence-electron chi connectivity index (χ4n) is 6.50. The Hall–Kier alpha value is -1.41. The summed E-state index contributed by atoms with van der Waals surface area (Å²) in [5.74, 6) is 0. The number of nitrogens with two attached hydrogens (primary N) is 1. The number of ether oxygens (including phenoxy) is 1. The summed E-state index contributed by atoms with van der Waals surface area (Å²) in [4.78, 5) is 37.5. The van der Waals surface area contributed by atoms with Gasteiger partial charge in [0.15, 0.2) is 6.23 Å². The Morgan fingerprint density at radius 2 is 1.67 bits per heavy atom. The van der Waals surface area contributed by atoms with Crippen molar-refractivity contribution < 1.29 is 34.0 Å². The van der Waals surface area contributed by atoms with Crippen LogP contribution in [0.5, 0.6) is 0 Å². The van der Waals surface area contributed by atoms with Crippen molar-refractivity contribution in [2.24, 2.45) is 5.73 Å². The Labute approximate surface area is 254 Å². The molecule has 8 atom stereocenters. The van der Waals surface area contributed by atoms with Crippen LogP contribution in [0.2, 0.25) is 0 Å². The van der Waals surface area contributed by atoms with Crippen molar-refractivity contribution >= 4 is 8.25 Å². The zero-order chi connectivity index (χ0) is 31.4. The average molecular weight is 633 g/mol. The second kappa shape index (κ2) is 17.9. The van der Waals surface area contributed by atoms with Gasteiger partial charge in [0, 0.05) is 31.4 Å². The molecule has 4 unspecified atom stereocenters. The summed E-state index contributed by atoms with van der Waals surface area (Å²) in [6, 6.07) is 0.913. The molecule has 3 heterocycles. The number of aromatic amines is 1. The van der Waals surface area contributed by atoms with E-state index in [1.165, 1.54) is 51.4 Å². The maximum absolute atomic E-state index is 12.4. The van der Waals surface area contributed by atoms with Crippen molar-refractivity contribution in [3.8, 4) is 0 Å². The summed E-state index contributed by atoms with van der Waals surface area (Å²) in [5, 5.41) is 33.7. The summed E-state index contributed by atoms with van der Waals surface area (Å²) in [6.07, 6.45) is 8.57. The molecule has 0 aromatic carbocycles. The van der Waals surface area contributed by atoms with Crippen LogP contribution in [0, 0.1) is 0 Å². The van der Waals surface area contributed by atoms with Gasteiger partial charge in [0.05, 0.1) is 12.1 Å². The number of nitrogens with one attached hydrogen (secondary N) is 1. The highest BCUT2D eigenvalue weighted by Crippen LogP contribution is 2.40. The van der Waals surface area contributed by atoms with Gasteiger partial charge in [-0.15, -0.1) is 0 Å². The quantitative estimate of drug-likeness (QED) is 0.0904. The Morgan fingerprint density at radius 1 is 1.07 bits per heavy atom. The van der Waals surface area contributed by atoms with Gasteiger partial charge in [-0.1, -0.05) is 84.0 Å². The highest BCUT2D eigenvalue weighted by atomic mass is 31.1. The Kier molecular flexibility index (Phi) is 15.0. The lowest BCUT2D eigenvalue weighted by atomic mass is 9.81. The topological polar surface area (TPSA) is 201 Å². The molecule has 13 nitrogen and oxygen atoms in total. The lowest BCUT2D eigenvalue weighted by Gasteiger charge is -2.47. The van der Waals surface area contributed by atoms with E-state index in [1.54, 1.807) is 0 Å². The van der Waals surface area contributed by atoms with Crippen LogP contribution in [-0.4, -0.2) is 90.4 Å². The van der Waals surface area contributed by atoms with Gasteiger partial charge in [0.1, 0.15) is 24.4 Å². The third-order valence-corrected chi connectivity index (χ3v) is 9.42. The minimum atomic E-state index is -3.36. The molecule has 0 spiro atoms. The first kappa shape index (κ1) is 36.1. The highest BCUT2D eigenvalue weighted by Gasteiger charge is 2.56. The SMILES string of the molecule is CCCCCCCCCCCCCCC(CO[PH](=O)O)(C(O)[C@H]1O[C@@H](n2ccc(=O)[nH]c2=O)[C@H](O)[C@@H]1O)N1CCC(N)C1. The van der Waals surface area contributed by atoms with Gasteiger partial charge in [0.2, 0.25) is 0 Å². The van der Waals surface area contributed by atoms with Crippen LogP contribution in [0.4, 0.5) is 0 Å². The van der Waals surface area contributed by atoms with Gasteiger partial charge < -0.3 is 35.2 Å². The van der Waals surface area contributed by atoms with Crippen LogP contribution in [0.3, 0.4) is 0 Å². The first-order valence-electron chi connectivity index (χ1n) is 16.0. The molecule has 1 aromatic heterocycles. The van der Waals surface area contributed by atoms with Crippen LogP contribution in [0.25, 0.3) is 0 Å². The van der Waals surface area contributed by atoms with E-state index in [0.717, 1.165) is 36.1 Å². The normalized spacial score (nSPS) is 27.3. The number of aromatic nitrogens is 2. The number of nitrogens with zero attached hydrogens (tertiary/aromatic N) is 2. The predicted octanol–water partition coefficient (Wildman–Crippen LogP) is 1.78. The average Bonchev–Trinajstić information content (AvgIpc) is 3.53. The van der Waals surface area contributed by atoms with Crippen LogP contribution < -0.4 is 17.0 Å². The van der Waals surface area contributed by atoms with Crippen LogP contribution in [-0.2, 0) is 13.8 Å². The number of hydrogen-bond donors (Lipinski definition) is 6. The molecule has 43 heavy (non-hydrogen) atoms. The van der Waals surface area contributed by atoms with Crippen LogP contribution in [0.1, 0.15) is 103 Å². The monoisotopic (exact) mass is 632 g/mol. The molecule has 0 radical (unpaired) electrons. The highest BCUT2D eigenvalue weighted by molar-refractivity contribution is 7.32. The van der Waals surface area contributed by atoms with E-state index in [2.05, 4.69) is 11.9 Å². The molecular weight excluding hydrogens is 579 g/mol. The third-order valence-electron chi connectivity index (χ3n) is 9.03. The van der Waals surface area contributed by atoms with Gasteiger partial charge in [-0.2, -0.15) is 0 Å². The van der Waals surface area contributed by atoms with E-state index >= 15 is 0 Å². The maximum Gasteiger partial charge on any atom is 0.330 e. The number of rotatable bonds is 20. The summed E-state index contributed by atoms with van der Waals surface area (Å²) in [7, 11) is -3.36. The molecule has 2 aliphatic rings. The van der Waals surface area contributed by atoms with Crippen molar-refractivity contribution in [1.82, 2.24) is 14.5 Å². The molecular formula is C29H53N4O9P. The first-order valence-corrected chi connectivity index (χ1v) is 17.2. The Balaban J connectivity index is 1.69. The fraction of sp³-hybridized carbons (Fsp3) is 0.862. The maximum atomic E-state index is 12.4. The van der Waals surface area contributed by atoms with Crippen molar-refractivity contribution in [2.45, 2.75) is 139 Å². The Morgan fingerprint density at radius 3 is 2.21 bits per heavy atom. The second-order valence-corrected chi connectivity index (χ2v) is 13.0. The standard InChI is InChI=1S/C29H53N4O9P/c1-2-3-4-5-6-7-8-9-10-11-12-13-16-29(20-41-43(39)40,32-17-14-21(30)19-32)26(37)25-23(35)24(36)27(42-25)33-18-15-22(34)31-28(33)38/h15,18,21,23-27,35-37,43H,2-14,16-17,19-20,30H2,1H3,(H,39,40)(H,31,34,38)/t21?,23-,24+,25-,26?,27+,29?/m0/s1. The summed E-state index contributed by atoms with van der Waals surface area (Å²) in [6.45, 7) is 2.82. The molecule has 0 saturated carbocycles. The van der Waals surface area contributed by atoms with E-state index in [4.69, 9.17) is 15.0 Å². The van der Waals surface area contributed by atoms with Gasteiger partial charge >= 0.3 is 13.9 Å². The molecule has 2 fully saturated rings. The molecule has 3 rings (SSSR count). The lowest BCUT2D eigenvalue weighted by Crippen LogP contribution is -2.64. The largest absolute Gasteiger partial charge is 0.388 e. The second-order valence-electron chi connectivity index (χ2n) is 12.2. The van der Waals surface area contributed by atoms with Gasteiger partial charge in [-0.3, -0.25) is 23.8 Å². The number of H-pyrrole nitrogens is 1. The molecule has 0 aliphatic carbocycles. The molecule has 2 aliphatic heterocycles. The van der Waals surface area contributed by atoms with E-state index in [-0.39, 0.29) is 12.6 Å². The first-order chi connectivity index (χ1) is 20.6. The van der Waals surface area contributed by atoms with E-state index in [9.17, 15) is 34.4 Å². The van der Waals surface area contributed by atoms with Crippen molar-refractivity contribution in [3.05, 3.63) is 33.1 Å². The van der Waals surface area contributed by atoms with Crippen LogP contribution in [0.15, 0.2) is 21.9 Å². The fourth-order valence-corrected chi connectivity index (χ4v) is 6.88. The Bertz CT molecular complexity index is 1100. The molecule has 1 aromatic rings. The number of likely N-dealkylation sites (tertiary alicyclic amines) is 1. The summed E-state index contributed by atoms with van der Waals surface area (Å²) in [5.41, 5.74) is 3.51. The summed E-state index contributed by atoms with van der Waals surface area (Å²) < 4.78 is 23.8. The zero-order valence-corrected chi connectivity index (χ0v) is 26.4. The van der Waals surface area contributed by atoms with Gasteiger partial charge in [0.25, 0.3) is 5.56 Å². The van der Waals surface area contributed by atoms with Gasteiger partial charge in [-0.25, -0.2) is 4.79 Å². The molecule has 0 bridgehead atoms. The molecule has 14 heteroatoms. The van der Waals surface area contributed by atoms with Gasteiger partial charge in [-0.05, 0) is 12.8 Å². The van der Waals surface area contributed by atoms with Crippen molar-refractivity contribution in [1.29, 1.82) is 0 Å². The minimum Gasteiger partial charge on any atom is -0.388 e. The molecule has 2 saturated heterocycles. The van der Waals surface area contributed by atoms with E-state index in [1.807, 2.05) is 4.90 Å². The predicted molar refractivity (Wildman–Crippen MR) is 163 cm³/mol. The number of aliphatic hydroxyl groups excluding tert-OH is 3. The smallest absolute Gasteiger partial charge is 0.330 e. The van der Waals surface area contributed by atoms with E-state index < -0.39 is 55.7 Å². The number of hydrogen-bond acceptors (Lipinski definition) is 10. The number of aliphatic hydroxyl groups is 3. The zero-order valence-electron chi connectivity index (χ0n) is 25.4. The summed E-state index contributed by atoms with van der Waals surface area (Å²) >= 11 is 0.